The van der Waals surface area contributed by atoms with Gasteiger partial charge in [0, 0.05) is 19.1 Å². The maximum Gasteiger partial charge on any atom is 0.236 e. The van der Waals surface area contributed by atoms with Crippen molar-refractivity contribution in [2.45, 2.75) is 25.3 Å². The number of benzene rings is 1. The molecule has 1 amide bonds. The number of halogens is 1. The van der Waals surface area contributed by atoms with Crippen LogP contribution in [0, 0.1) is 0 Å². The van der Waals surface area contributed by atoms with Crippen LogP contribution < -0.4 is 11.1 Å². The summed E-state index contributed by atoms with van der Waals surface area (Å²) in [6.45, 7) is 2.26. The van der Waals surface area contributed by atoms with Crippen LogP contribution in [0.3, 0.4) is 0 Å². The Hall–Kier alpha value is -1.10. The van der Waals surface area contributed by atoms with E-state index in [9.17, 15) is 4.79 Å². The zero-order valence-electron chi connectivity index (χ0n) is 10.5. The van der Waals surface area contributed by atoms with Crippen LogP contribution in [-0.4, -0.2) is 30.2 Å². The first kappa shape index (κ1) is 16.9. The molecule has 0 spiro atoms. The fourth-order valence-corrected chi connectivity index (χ4v) is 1.65. The van der Waals surface area contributed by atoms with E-state index in [4.69, 9.17) is 10.8 Å². The Bertz CT molecular complexity index is 344. The predicted octanol–water partition coefficient (Wildman–Crippen LogP) is 1.04. The second-order valence-corrected chi connectivity index (χ2v) is 4.15. The number of carbonyl (C=O) groups excluding carboxylic acids is 1. The Kier molecular flexibility index (Phi) is 8.37. The summed E-state index contributed by atoms with van der Waals surface area (Å²) >= 11 is 0. The Balaban J connectivity index is 0.00000289. The lowest BCUT2D eigenvalue weighted by Crippen LogP contribution is -2.40. The average Bonchev–Trinajstić information content (AvgIpc) is 2.35. The Labute approximate surface area is 114 Å². The molecule has 1 aromatic carbocycles. The third kappa shape index (κ3) is 5.49. The highest BCUT2D eigenvalue weighted by Gasteiger charge is 2.13. The molecule has 0 fully saturated rings. The van der Waals surface area contributed by atoms with Crippen molar-refractivity contribution in [1.29, 1.82) is 0 Å². The molecule has 0 radical (unpaired) electrons. The third-order valence-corrected chi connectivity index (χ3v) is 2.68. The van der Waals surface area contributed by atoms with Gasteiger partial charge in [-0.25, -0.2) is 0 Å². The number of rotatable bonds is 6. The number of nitrogens with two attached hydrogens (primary N) is 1. The number of nitrogens with one attached hydrogen (secondary N) is 1. The molecule has 2 atom stereocenters. The second kappa shape index (κ2) is 8.91. The summed E-state index contributed by atoms with van der Waals surface area (Å²) in [5, 5.41) is 11.8. The van der Waals surface area contributed by atoms with Crippen LogP contribution >= 0.6 is 12.4 Å². The van der Waals surface area contributed by atoms with E-state index in [-0.39, 0.29) is 30.8 Å². The number of hydrogen-bond donors (Lipinski definition) is 3. The Morgan fingerprint density at radius 3 is 2.50 bits per heavy atom. The van der Waals surface area contributed by atoms with Gasteiger partial charge in [0.2, 0.25) is 5.91 Å². The first-order valence-corrected chi connectivity index (χ1v) is 5.84. The largest absolute Gasteiger partial charge is 0.396 e. The Morgan fingerprint density at radius 1 is 1.39 bits per heavy atom. The van der Waals surface area contributed by atoms with Crippen molar-refractivity contribution in [2.24, 2.45) is 5.73 Å². The number of hydrogen-bond acceptors (Lipinski definition) is 3. The third-order valence-electron chi connectivity index (χ3n) is 2.68. The summed E-state index contributed by atoms with van der Waals surface area (Å²) in [6, 6.07) is 9.34. The molecule has 5 heteroatoms. The minimum absolute atomic E-state index is 0. The van der Waals surface area contributed by atoms with Crippen LogP contribution in [0.1, 0.15) is 24.8 Å². The minimum Gasteiger partial charge on any atom is -0.396 e. The van der Waals surface area contributed by atoms with Gasteiger partial charge in [-0.2, -0.15) is 0 Å². The molecule has 0 aliphatic carbocycles. The molecule has 0 aromatic heterocycles. The lowest BCUT2D eigenvalue weighted by molar-refractivity contribution is -0.122. The van der Waals surface area contributed by atoms with Gasteiger partial charge >= 0.3 is 0 Å². The molecule has 102 valence electrons. The van der Waals surface area contributed by atoms with Gasteiger partial charge in [0.05, 0.1) is 6.04 Å². The summed E-state index contributed by atoms with van der Waals surface area (Å²) in [6.07, 6.45) is 0.628. The van der Waals surface area contributed by atoms with Gasteiger partial charge in [0.25, 0.3) is 0 Å². The minimum atomic E-state index is -0.499. The summed E-state index contributed by atoms with van der Waals surface area (Å²) < 4.78 is 0. The van der Waals surface area contributed by atoms with Crippen molar-refractivity contribution < 1.29 is 9.90 Å². The second-order valence-electron chi connectivity index (χ2n) is 4.15. The van der Waals surface area contributed by atoms with Gasteiger partial charge in [-0.1, -0.05) is 30.3 Å². The van der Waals surface area contributed by atoms with Crippen molar-refractivity contribution in [3.8, 4) is 0 Å². The molecule has 1 aromatic rings. The van der Waals surface area contributed by atoms with Gasteiger partial charge in [0.15, 0.2) is 0 Å². The molecule has 0 aliphatic rings. The molecule has 18 heavy (non-hydrogen) atoms. The number of carbonyl (C=O) groups is 1. The van der Waals surface area contributed by atoms with E-state index < -0.39 is 6.04 Å². The predicted molar refractivity (Wildman–Crippen MR) is 74.8 cm³/mol. The molecule has 1 unspecified atom stereocenters. The van der Waals surface area contributed by atoms with Crippen molar-refractivity contribution in [3.05, 3.63) is 35.9 Å². The molecule has 4 nitrogen and oxygen atoms in total. The van der Waals surface area contributed by atoms with E-state index in [0.29, 0.717) is 13.0 Å². The van der Waals surface area contributed by atoms with Crippen molar-refractivity contribution in [3.63, 3.8) is 0 Å². The van der Waals surface area contributed by atoms with Crippen molar-refractivity contribution in [2.75, 3.05) is 13.2 Å². The highest BCUT2D eigenvalue weighted by atomic mass is 35.5. The molecule has 0 saturated carbocycles. The average molecular weight is 273 g/mol. The summed E-state index contributed by atoms with van der Waals surface area (Å²) in [7, 11) is 0. The number of amides is 1. The van der Waals surface area contributed by atoms with E-state index in [0.717, 1.165) is 5.56 Å². The van der Waals surface area contributed by atoms with E-state index in [1.807, 2.05) is 30.3 Å². The zero-order chi connectivity index (χ0) is 12.7. The van der Waals surface area contributed by atoms with E-state index >= 15 is 0 Å². The van der Waals surface area contributed by atoms with Crippen molar-refractivity contribution >= 4 is 18.3 Å². The van der Waals surface area contributed by atoms with Gasteiger partial charge in [-0.05, 0) is 18.9 Å². The first-order chi connectivity index (χ1) is 8.15. The number of aliphatic hydroxyl groups excluding tert-OH is 1. The smallest absolute Gasteiger partial charge is 0.236 e. The standard InChI is InChI=1S/C13H20N2O2.ClH/c1-10(14)13(17)15-9-12(7-8-16)11-5-3-2-4-6-11;/h2-6,10,12,16H,7-9,14H2,1H3,(H,15,17);1H/t10-,12?;/m0./s1. The van der Waals surface area contributed by atoms with E-state index in [2.05, 4.69) is 5.32 Å². The lowest BCUT2D eigenvalue weighted by Gasteiger charge is -2.17. The monoisotopic (exact) mass is 272 g/mol. The van der Waals surface area contributed by atoms with Gasteiger partial charge < -0.3 is 16.2 Å². The zero-order valence-corrected chi connectivity index (χ0v) is 11.3. The number of aliphatic hydroxyl groups is 1. The SMILES string of the molecule is C[C@H](N)C(=O)NCC(CCO)c1ccccc1.Cl. The molecule has 0 saturated heterocycles. The normalized spacial score (nSPS) is 13.3. The lowest BCUT2D eigenvalue weighted by atomic mass is 9.96. The quantitative estimate of drug-likeness (QED) is 0.724. The molecular weight excluding hydrogens is 252 g/mol. The van der Waals surface area contributed by atoms with Crippen LogP contribution in [0.4, 0.5) is 0 Å². The van der Waals surface area contributed by atoms with Gasteiger partial charge in [0.1, 0.15) is 0 Å². The summed E-state index contributed by atoms with van der Waals surface area (Å²) in [5.41, 5.74) is 6.59. The summed E-state index contributed by atoms with van der Waals surface area (Å²) in [4.78, 5) is 11.4. The fourth-order valence-electron chi connectivity index (χ4n) is 1.65. The fraction of sp³-hybridized carbons (Fsp3) is 0.462. The van der Waals surface area contributed by atoms with Crippen LogP contribution in [0.15, 0.2) is 30.3 Å². The Morgan fingerprint density at radius 2 is 2.00 bits per heavy atom. The van der Waals surface area contributed by atoms with Crippen LogP contribution in [0.5, 0.6) is 0 Å². The molecule has 0 aliphatic heterocycles. The molecule has 0 bridgehead atoms. The molecule has 1 rings (SSSR count). The van der Waals surface area contributed by atoms with Crippen LogP contribution in [0.25, 0.3) is 0 Å². The topological polar surface area (TPSA) is 75.4 Å². The van der Waals surface area contributed by atoms with E-state index in [1.165, 1.54) is 0 Å². The highest BCUT2D eigenvalue weighted by Crippen LogP contribution is 2.17. The van der Waals surface area contributed by atoms with Crippen LogP contribution in [-0.2, 0) is 4.79 Å². The summed E-state index contributed by atoms with van der Waals surface area (Å²) in [5.74, 6) is -0.0345. The maximum absolute atomic E-state index is 11.4. The maximum atomic E-state index is 11.4. The highest BCUT2D eigenvalue weighted by molar-refractivity contribution is 5.85. The van der Waals surface area contributed by atoms with E-state index in [1.54, 1.807) is 6.92 Å². The molecule has 0 heterocycles. The van der Waals surface area contributed by atoms with Crippen LogP contribution in [0.2, 0.25) is 0 Å². The first-order valence-electron chi connectivity index (χ1n) is 5.84. The molecular formula is C13H21ClN2O2. The molecule has 4 N–H and O–H groups in total. The van der Waals surface area contributed by atoms with Crippen molar-refractivity contribution in [1.82, 2.24) is 5.32 Å². The van der Waals surface area contributed by atoms with Gasteiger partial charge in [-0.3, -0.25) is 4.79 Å². The van der Waals surface area contributed by atoms with Gasteiger partial charge in [-0.15, -0.1) is 12.4 Å².